The van der Waals surface area contributed by atoms with Gasteiger partial charge in [-0.25, -0.2) is 4.98 Å². The SMILES string of the molecule is COc1c(C)c(C)c2nc3ccccc3cc2c1C. The van der Waals surface area contributed by atoms with Crippen molar-refractivity contribution in [1.82, 2.24) is 4.98 Å². The van der Waals surface area contributed by atoms with Crippen molar-refractivity contribution in [3.63, 3.8) is 0 Å². The highest BCUT2D eigenvalue weighted by Crippen LogP contribution is 2.35. The van der Waals surface area contributed by atoms with Crippen LogP contribution in [0.25, 0.3) is 21.8 Å². The minimum absolute atomic E-state index is 0.974. The van der Waals surface area contributed by atoms with Crippen LogP contribution in [-0.2, 0) is 0 Å². The fraction of sp³-hybridized carbons (Fsp3) is 0.235. The van der Waals surface area contributed by atoms with E-state index in [-0.39, 0.29) is 0 Å². The molecule has 0 amide bonds. The number of ether oxygens (including phenoxy) is 1. The van der Waals surface area contributed by atoms with Crippen molar-refractivity contribution in [3.05, 3.63) is 47.0 Å². The summed E-state index contributed by atoms with van der Waals surface area (Å²) in [5.74, 6) is 0.974. The summed E-state index contributed by atoms with van der Waals surface area (Å²) in [6.45, 7) is 6.31. The standard InChI is InChI=1S/C17H17NO/c1-10-11(2)17(19-4)12(3)14-9-13-7-5-6-8-15(13)18-16(10)14/h5-9H,1-4H3. The minimum Gasteiger partial charge on any atom is -0.496 e. The van der Waals surface area contributed by atoms with Gasteiger partial charge in [0.15, 0.2) is 0 Å². The van der Waals surface area contributed by atoms with Crippen LogP contribution in [0.2, 0.25) is 0 Å². The molecule has 2 aromatic carbocycles. The average molecular weight is 251 g/mol. The second kappa shape index (κ2) is 4.23. The maximum Gasteiger partial charge on any atom is 0.125 e. The van der Waals surface area contributed by atoms with Crippen molar-refractivity contribution in [3.8, 4) is 5.75 Å². The molecule has 1 heterocycles. The van der Waals surface area contributed by atoms with E-state index in [1.54, 1.807) is 7.11 Å². The Morgan fingerprint density at radius 3 is 2.42 bits per heavy atom. The summed E-state index contributed by atoms with van der Waals surface area (Å²) in [5, 5.41) is 2.35. The van der Waals surface area contributed by atoms with Gasteiger partial charge in [0.2, 0.25) is 0 Å². The second-order valence-electron chi connectivity index (χ2n) is 4.99. The lowest BCUT2D eigenvalue weighted by atomic mass is 9.97. The molecule has 0 atom stereocenters. The van der Waals surface area contributed by atoms with Crippen LogP contribution >= 0.6 is 0 Å². The van der Waals surface area contributed by atoms with Crippen LogP contribution in [0.3, 0.4) is 0 Å². The van der Waals surface area contributed by atoms with Gasteiger partial charge >= 0.3 is 0 Å². The first kappa shape index (κ1) is 12.0. The maximum absolute atomic E-state index is 5.55. The normalized spacial score (nSPS) is 11.2. The third kappa shape index (κ3) is 1.67. The van der Waals surface area contributed by atoms with Gasteiger partial charge in [0, 0.05) is 16.3 Å². The van der Waals surface area contributed by atoms with Gasteiger partial charge in [-0.3, -0.25) is 0 Å². The van der Waals surface area contributed by atoms with E-state index in [9.17, 15) is 0 Å². The Kier molecular flexibility index (Phi) is 2.67. The first-order chi connectivity index (χ1) is 9.13. The van der Waals surface area contributed by atoms with E-state index >= 15 is 0 Å². The Bertz CT molecular complexity index is 790. The van der Waals surface area contributed by atoms with Crippen LogP contribution in [0.15, 0.2) is 30.3 Å². The number of nitrogens with zero attached hydrogens (tertiary/aromatic N) is 1. The molecule has 2 heteroatoms. The van der Waals surface area contributed by atoms with Crippen molar-refractivity contribution < 1.29 is 4.74 Å². The number of para-hydroxylation sites is 1. The highest BCUT2D eigenvalue weighted by Gasteiger charge is 2.13. The van der Waals surface area contributed by atoms with E-state index in [1.807, 2.05) is 12.1 Å². The molecule has 3 aromatic rings. The predicted octanol–water partition coefficient (Wildman–Crippen LogP) is 4.32. The third-order valence-electron chi connectivity index (χ3n) is 3.93. The van der Waals surface area contributed by atoms with Crippen LogP contribution in [0.1, 0.15) is 16.7 Å². The monoisotopic (exact) mass is 251 g/mol. The molecule has 96 valence electrons. The van der Waals surface area contributed by atoms with Crippen LogP contribution in [0.5, 0.6) is 5.75 Å². The van der Waals surface area contributed by atoms with Crippen LogP contribution in [0, 0.1) is 20.8 Å². The van der Waals surface area contributed by atoms with Crippen molar-refractivity contribution in [1.29, 1.82) is 0 Å². The van der Waals surface area contributed by atoms with E-state index in [0.717, 1.165) is 16.8 Å². The zero-order valence-electron chi connectivity index (χ0n) is 11.7. The number of benzene rings is 2. The lowest BCUT2D eigenvalue weighted by Crippen LogP contribution is -1.97. The van der Waals surface area contributed by atoms with Gasteiger partial charge < -0.3 is 4.74 Å². The van der Waals surface area contributed by atoms with Crippen LogP contribution in [-0.4, -0.2) is 12.1 Å². The zero-order chi connectivity index (χ0) is 13.6. The quantitative estimate of drug-likeness (QED) is 0.601. The number of rotatable bonds is 1. The summed E-state index contributed by atoms with van der Waals surface area (Å²) in [5.41, 5.74) is 5.66. The van der Waals surface area contributed by atoms with Crippen molar-refractivity contribution in [2.75, 3.05) is 7.11 Å². The topological polar surface area (TPSA) is 22.1 Å². The van der Waals surface area contributed by atoms with E-state index in [0.29, 0.717) is 0 Å². The second-order valence-corrected chi connectivity index (χ2v) is 4.99. The number of hydrogen-bond donors (Lipinski definition) is 0. The van der Waals surface area contributed by atoms with Gasteiger partial charge in [0.25, 0.3) is 0 Å². The Hall–Kier alpha value is -2.09. The number of aryl methyl sites for hydroxylation is 2. The first-order valence-corrected chi connectivity index (χ1v) is 6.46. The Balaban J connectivity index is 2.54. The Morgan fingerprint density at radius 2 is 1.68 bits per heavy atom. The summed E-state index contributed by atoms with van der Waals surface area (Å²) in [7, 11) is 1.73. The molecule has 0 aliphatic carbocycles. The summed E-state index contributed by atoms with van der Waals surface area (Å²) in [6, 6.07) is 10.4. The van der Waals surface area contributed by atoms with Crippen molar-refractivity contribution >= 4 is 21.8 Å². The van der Waals surface area contributed by atoms with Gasteiger partial charge in [-0.15, -0.1) is 0 Å². The van der Waals surface area contributed by atoms with Gasteiger partial charge in [-0.1, -0.05) is 18.2 Å². The summed E-state index contributed by atoms with van der Waals surface area (Å²) >= 11 is 0. The number of fused-ring (bicyclic) bond motifs is 2. The fourth-order valence-corrected chi connectivity index (χ4v) is 2.75. The molecule has 1 aromatic heterocycles. The Labute approximate surface area is 113 Å². The van der Waals surface area contributed by atoms with Crippen LogP contribution < -0.4 is 4.74 Å². The molecule has 3 rings (SSSR count). The van der Waals surface area contributed by atoms with E-state index < -0.39 is 0 Å². The fourth-order valence-electron chi connectivity index (χ4n) is 2.75. The molecule has 19 heavy (non-hydrogen) atoms. The predicted molar refractivity (Wildman–Crippen MR) is 80.0 cm³/mol. The van der Waals surface area contributed by atoms with Crippen molar-refractivity contribution in [2.24, 2.45) is 0 Å². The molecule has 0 radical (unpaired) electrons. The van der Waals surface area contributed by atoms with Crippen LogP contribution in [0.4, 0.5) is 0 Å². The van der Waals surface area contributed by atoms with E-state index in [1.165, 1.54) is 27.5 Å². The number of pyridine rings is 1. The lowest BCUT2D eigenvalue weighted by Gasteiger charge is -2.15. The lowest BCUT2D eigenvalue weighted by molar-refractivity contribution is 0.409. The highest BCUT2D eigenvalue weighted by atomic mass is 16.5. The molecule has 0 aliphatic rings. The third-order valence-corrected chi connectivity index (χ3v) is 3.93. The average Bonchev–Trinajstić information content (AvgIpc) is 2.44. The Morgan fingerprint density at radius 1 is 0.947 bits per heavy atom. The molecule has 0 N–H and O–H groups in total. The maximum atomic E-state index is 5.55. The molecule has 0 fully saturated rings. The van der Waals surface area contributed by atoms with Gasteiger partial charge in [0.05, 0.1) is 18.1 Å². The zero-order valence-corrected chi connectivity index (χ0v) is 11.7. The smallest absolute Gasteiger partial charge is 0.125 e. The van der Waals surface area contributed by atoms with Gasteiger partial charge in [-0.2, -0.15) is 0 Å². The number of aromatic nitrogens is 1. The molecule has 0 spiro atoms. The molecule has 0 unspecified atom stereocenters. The largest absolute Gasteiger partial charge is 0.496 e. The number of methoxy groups -OCH3 is 1. The van der Waals surface area contributed by atoms with E-state index in [4.69, 9.17) is 9.72 Å². The molecule has 0 bridgehead atoms. The summed E-state index contributed by atoms with van der Waals surface area (Å²) in [6.07, 6.45) is 0. The molecular formula is C17H17NO. The molecule has 0 saturated carbocycles. The van der Waals surface area contributed by atoms with Gasteiger partial charge in [0.1, 0.15) is 5.75 Å². The first-order valence-electron chi connectivity index (χ1n) is 6.46. The molecule has 0 aliphatic heterocycles. The summed E-state index contributed by atoms with van der Waals surface area (Å²) < 4.78 is 5.55. The molecule has 2 nitrogen and oxygen atoms in total. The van der Waals surface area contributed by atoms with E-state index in [2.05, 4.69) is 39.0 Å². The highest BCUT2D eigenvalue weighted by molar-refractivity contribution is 5.97. The molecule has 0 saturated heterocycles. The molecular weight excluding hydrogens is 234 g/mol. The van der Waals surface area contributed by atoms with Crippen molar-refractivity contribution in [2.45, 2.75) is 20.8 Å². The minimum atomic E-state index is 0.974. The summed E-state index contributed by atoms with van der Waals surface area (Å²) in [4.78, 5) is 4.82. The number of hydrogen-bond acceptors (Lipinski definition) is 2. The van der Waals surface area contributed by atoms with Gasteiger partial charge in [-0.05, 0) is 44.0 Å².